The van der Waals surface area contributed by atoms with E-state index in [-0.39, 0.29) is 5.78 Å². The van der Waals surface area contributed by atoms with Gasteiger partial charge in [-0.25, -0.2) is 0 Å². The van der Waals surface area contributed by atoms with Gasteiger partial charge < -0.3 is 4.74 Å². The van der Waals surface area contributed by atoms with Crippen LogP contribution in [0.5, 0.6) is 5.75 Å². The molecule has 2 rings (SSSR count). The van der Waals surface area contributed by atoms with Crippen LogP contribution in [-0.4, -0.2) is 12.9 Å². The average Bonchev–Trinajstić information content (AvgIpc) is 2.40. The highest BCUT2D eigenvalue weighted by molar-refractivity contribution is 9.10. The van der Waals surface area contributed by atoms with Crippen LogP contribution in [0.3, 0.4) is 0 Å². The fourth-order valence-electron chi connectivity index (χ4n) is 1.82. The van der Waals surface area contributed by atoms with Crippen molar-refractivity contribution in [3.8, 4) is 5.75 Å². The van der Waals surface area contributed by atoms with Crippen molar-refractivity contribution in [3.05, 3.63) is 62.6 Å². The summed E-state index contributed by atoms with van der Waals surface area (Å²) in [6.07, 6.45) is 0. The number of benzene rings is 2. The second-order valence-corrected chi connectivity index (χ2v) is 5.48. The predicted molar refractivity (Wildman–Crippen MR) is 80.3 cm³/mol. The van der Waals surface area contributed by atoms with E-state index in [0.717, 1.165) is 10.0 Å². The highest BCUT2D eigenvalue weighted by Crippen LogP contribution is 2.28. The van der Waals surface area contributed by atoms with Gasteiger partial charge in [-0.3, -0.25) is 4.79 Å². The maximum atomic E-state index is 12.6. The van der Waals surface area contributed by atoms with E-state index >= 15 is 0 Å². The van der Waals surface area contributed by atoms with Crippen molar-refractivity contribution in [2.75, 3.05) is 7.11 Å². The Kier molecular flexibility index (Phi) is 4.27. The lowest BCUT2D eigenvalue weighted by Crippen LogP contribution is -2.05. The van der Waals surface area contributed by atoms with Gasteiger partial charge in [-0.05, 0) is 37.3 Å². The lowest BCUT2D eigenvalue weighted by Gasteiger charge is -2.10. The summed E-state index contributed by atoms with van der Waals surface area (Å²) in [5.74, 6) is 0.401. The van der Waals surface area contributed by atoms with Gasteiger partial charge in [0, 0.05) is 10.0 Å². The Bertz CT molecular complexity index is 638. The number of hydrogen-bond donors (Lipinski definition) is 0. The fraction of sp³-hybridized carbons (Fsp3) is 0.133. The molecule has 0 bridgehead atoms. The molecule has 4 heteroatoms. The van der Waals surface area contributed by atoms with Crippen molar-refractivity contribution in [2.45, 2.75) is 6.92 Å². The Hall–Kier alpha value is -1.32. The van der Waals surface area contributed by atoms with Gasteiger partial charge in [-0.15, -0.1) is 0 Å². The number of carbonyl (C=O) groups is 1. The highest BCUT2D eigenvalue weighted by Gasteiger charge is 2.17. The van der Waals surface area contributed by atoms with Crippen LogP contribution in [0.2, 0.25) is 5.02 Å². The van der Waals surface area contributed by atoms with Gasteiger partial charge in [0.25, 0.3) is 0 Å². The third-order valence-corrected chi connectivity index (χ3v) is 3.60. The zero-order valence-electron chi connectivity index (χ0n) is 10.5. The fourth-order valence-corrected chi connectivity index (χ4v) is 2.38. The van der Waals surface area contributed by atoms with Gasteiger partial charge in [0.15, 0.2) is 5.78 Å². The lowest BCUT2D eigenvalue weighted by atomic mass is 10.0. The molecule has 0 fully saturated rings. The first-order valence-electron chi connectivity index (χ1n) is 5.67. The number of ether oxygens (including phenoxy) is 1. The standard InChI is InChI=1S/C15H12BrClO2/c1-9-3-6-14(19-2)12(7-9)15(18)11-8-10(16)4-5-13(11)17/h3-8H,1-2H3. The monoisotopic (exact) mass is 338 g/mol. The third kappa shape index (κ3) is 2.99. The number of carbonyl (C=O) groups excluding carboxylic acids is 1. The summed E-state index contributed by atoms with van der Waals surface area (Å²) >= 11 is 9.44. The zero-order valence-corrected chi connectivity index (χ0v) is 12.9. The van der Waals surface area contributed by atoms with E-state index in [1.807, 2.05) is 13.0 Å². The lowest BCUT2D eigenvalue weighted by molar-refractivity contribution is 0.103. The van der Waals surface area contributed by atoms with Crippen LogP contribution in [0.4, 0.5) is 0 Å². The number of methoxy groups -OCH3 is 1. The van der Waals surface area contributed by atoms with E-state index in [0.29, 0.717) is 21.9 Å². The van der Waals surface area contributed by atoms with Gasteiger partial charge >= 0.3 is 0 Å². The van der Waals surface area contributed by atoms with Gasteiger partial charge in [-0.2, -0.15) is 0 Å². The molecule has 2 aromatic rings. The molecule has 98 valence electrons. The molecule has 0 heterocycles. The van der Waals surface area contributed by atoms with Gasteiger partial charge in [-0.1, -0.05) is 39.2 Å². The Morgan fingerprint density at radius 1 is 1.16 bits per heavy atom. The molecular weight excluding hydrogens is 328 g/mol. The molecule has 0 unspecified atom stereocenters. The molecule has 2 aromatic carbocycles. The summed E-state index contributed by atoms with van der Waals surface area (Å²) in [6, 6.07) is 10.7. The molecule has 0 atom stereocenters. The second kappa shape index (κ2) is 5.76. The molecule has 0 amide bonds. The van der Waals surface area contributed by atoms with E-state index in [1.165, 1.54) is 0 Å². The van der Waals surface area contributed by atoms with Crippen molar-refractivity contribution < 1.29 is 9.53 Å². The SMILES string of the molecule is COc1ccc(C)cc1C(=O)c1cc(Br)ccc1Cl. The Morgan fingerprint density at radius 2 is 1.89 bits per heavy atom. The minimum absolute atomic E-state index is 0.146. The molecule has 0 aliphatic rings. The Labute approximate surface area is 125 Å². The van der Waals surface area contributed by atoms with Gasteiger partial charge in [0.2, 0.25) is 0 Å². The van der Waals surface area contributed by atoms with Crippen molar-refractivity contribution in [1.29, 1.82) is 0 Å². The number of ketones is 1. The molecule has 0 aliphatic carbocycles. The average molecular weight is 340 g/mol. The van der Waals surface area contributed by atoms with E-state index in [9.17, 15) is 4.79 Å². The van der Waals surface area contributed by atoms with Crippen LogP contribution in [0.1, 0.15) is 21.5 Å². The highest BCUT2D eigenvalue weighted by atomic mass is 79.9. The quantitative estimate of drug-likeness (QED) is 0.761. The van der Waals surface area contributed by atoms with Gasteiger partial charge in [0.1, 0.15) is 5.75 Å². The molecule has 0 saturated heterocycles. The first kappa shape index (κ1) is 14.1. The molecule has 0 spiro atoms. The minimum atomic E-state index is -0.146. The smallest absolute Gasteiger partial charge is 0.198 e. The summed E-state index contributed by atoms with van der Waals surface area (Å²) in [7, 11) is 1.55. The number of aryl methyl sites for hydroxylation is 1. The topological polar surface area (TPSA) is 26.3 Å². The van der Waals surface area contributed by atoms with E-state index < -0.39 is 0 Å². The van der Waals surface area contributed by atoms with Crippen LogP contribution in [-0.2, 0) is 0 Å². The minimum Gasteiger partial charge on any atom is -0.496 e. The summed E-state index contributed by atoms with van der Waals surface area (Å²) in [5, 5.41) is 0.428. The van der Waals surface area contributed by atoms with Gasteiger partial charge in [0.05, 0.1) is 17.7 Å². The van der Waals surface area contributed by atoms with Crippen LogP contribution >= 0.6 is 27.5 Å². The molecule has 0 aromatic heterocycles. The molecule has 0 radical (unpaired) electrons. The van der Waals surface area contributed by atoms with E-state index in [1.54, 1.807) is 37.4 Å². The summed E-state index contributed by atoms with van der Waals surface area (Å²) in [6.45, 7) is 1.93. The van der Waals surface area contributed by atoms with Crippen molar-refractivity contribution in [3.63, 3.8) is 0 Å². The molecule has 0 aliphatic heterocycles. The van der Waals surface area contributed by atoms with E-state index in [4.69, 9.17) is 16.3 Å². The third-order valence-electron chi connectivity index (χ3n) is 2.77. The summed E-state index contributed by atoms with van der Waals surface area (Å²) in [4.78, 5) is 12.6. The normalized spacial score (nSPS) is 10.3. The largest absolute Gasteiger partial charge is 0.496 e. The van der Waals surface area contributed by atoms with Crippen LogP contribution < -0.4 is 4.74 Å². The van der Waals surface area contributed by atoms with E-state index in [2.05, 4.69) is 15.9 Å². The molecular formula is C15H12BrClO2. The van der Waals surface area contributed by atoms with Crippen LogP contribution in [0.25, 0.3) is 0 Å². The zero-order chi connectivity index (χ0) is 14.0. The van der Waals surface area contributed by atoms with Crippen molar-refractivity contribution in [1.82, 2.24) is 0 Å². The van der Waals surface area contributed by atoms with Crippen LogP contribution in [0, 0.1) is 6.92 Å². The first-order chi connectivity index (χ1) is 9.02. The Morgan fingerprint density at radius 3 is 2.58 bits per heavy atom. The summed E-state index contributed by atoms with van der Waals surface area (Å²) < 4.78 is 6.05. The predicted octanol–water partition coefficient (Wildman–Crippen LogP) is 4.65. The number of rotatable bonds is 3. The maximum absolute atomic E-state index is 12.6. The molecule has 19 heavy (non-hydrogen) atoms. The van der Waals surface area contributed by atoms with Crippen LogP contribution in [0.15, 0.2) is 40.9 Å². The van der Waals surface area contributed by atoms with Crippen molar-refractivity contribution in [2.24, 2.45) is 0 Å². The Balaban J connectivity index is 2.55. The number of hydrogen-bond acceptors (Lipinski definition) is 2. The number of halogens is 2. The first-order valence-corrected chi connectivity index (χ1v) is 6.84. The van der Waals surface area contributed by atoms with Crippen molar-refractivity contribution >= 4 is 33.3 Å². The maximum Gasteiger partial charge on any atom is 0.198 e. The second-order valence-electron chi connectivity index (χ2n) is 4.16. The summed E-state index contributed by atoms with van der Waals surface area (Å²) in [5.41, 5.74) is 1.97. The molecule has 0 N–H and O–H groups in total. The molecule has 0 saturated carbocycles. The molecule has 2 nitrogen and oxygen atoms in total.